The summed E-state index contributed by atoms with van der Waals surface area (Å²) in [6, 6.07) is 3.52. The van der Waals surface area contributed by atoms with E-state index in [1.54, 1.807) is 31.3 Å². The summed E-state index contributed by atoms with van der Waals surface area (Å²) in [5.74, 6) is -0.505. The maximum atomic E-state index is 12.1. The summed E-state index contributed by atoms with van der Waals surface area (Å²) in [6.45, 7) is 7.46. The molecule has 22 heavy (non-hydrogen) atoms. The van der Waals surface area contributed by atoms with Gasteiger partial charge in [0.25, 0.3) is 5.91 Å². The lowest BCUT2D eigenvalue weighted by Gasteiger charge is -2.08. The van der Waals surface area contributed by atoms with Crippen LogP contribution < -0.4 is 5.32 Å². The van der Waals surface area contributed by atoms with Crippen LogP contribution in [-0.2, 0) is 11.3 Å². The maximum absolute atomic E-state index is 12.1. The first-order valence-corrected chi connectivity index (χ1v) is 7.57. The fourth-order valence-corrected chi connectivity index (χ4v) is 2.55. The van der Waals surface area contributed by atoms with E-state index in [1.165, 1.54) is 11.3 Å². The Hall–Kier alpha value is -2.47. The number of nitrogens with one attached hydrogen (secondary N) is 1. The van der Waals surface area contributed by atoms with Crippen LogP contribution in [0.1, 0.15) is 28.9 Å². The number of nitrogens with zero attached hydrogens (tertiary/aromatic N) is 2. The molecule has 5 nitrogen and oxygen atoms in total. The van der Waals surface area contributed by atoms with Crippen molar-refractivity contribution in [3.8, 4) is 0 Å². The Morgan fingerprint density at radius 1 is 1.55 bits per heavy atom. The van der Waals surface area contributed by atoms with E-state index >= 15 is 0 Å². The highest BCUT2D eigenvalue weighted by molar-refractivity contribution is 7.09. The van der Waals surface area contributed by atoms with E-state index in [9.17, 15) is 9.90 Å². The molecule has 0 aliphatic heterocycles. The molecule has 2 N–H and O–H groups in total. The molecule has 0 aliphatic carbocycles. The number of aliphatic hydroxyl groups excluding tert-OH is 1. The van der Waals surface area contributed by atoms with Gasteiger partial charge < -0.3 is 10.4 Å². The number of carbonyl (C=O) groups is 1. The number of amides is 1. The molecule has 0 radical (unpaired) electrons. The Morgan fingerprint density at radius 3 is 2.95 bits per heavy atom. The number of carbonyl (C=O) groups excluding carboxylic acids is 1. The Morgan fingerprint density at radius 2 is 2.32 bits per heavy atom. The summed E-state index contributed by atoms with van der Waals surface area (Å²) in [6.07, 6.45) is 3.14. The van der Waals surface area contributed by atoms with Crippen LogP contribution in [0.15, 0.2) is 35.9 Å². The third-order valence-electron chi connectivity index (χ3n) is 3.05. The van der Waals surface area contributed by atoms with Gasteiger partial charge in [0.05, 0.1) is 12.1 Å². The third kappa shape index (κ3) is 3.59. The number of pyridine rings is 1. The van der Waals surface area contributed by atoms with Gasteiger partial charge >= 0.3 is 0 Å². The number of aromatic nitrogens is 2. The summed E-state index contributed by atoms with van der Waals surface area (Å²) < 4.78 is 0. The monoisotopic (exact) mass is 315 g/mol. The minimum Gasteiger partial charge on any atom is -0.505 e. The second-order valence-corrected chi connectivity index (χ2v) is 5.63. The van der Waals surface area contributed by atoms with Crippen molar-refractivity contribution in [2.24, 2.45) is 0 Å². The number of hydrogen-bond acceptors (Lipinski definition) is 5. The fraction of sp³-hybridized carbons (Fsp3) is 0.188. The van der Waals surface area contributed by atoms with E-state index in [-0.39, 0.29) is 17.2 Å². The Balaban J connectivity index is 2.15. The lowest BCUT2D eigenvalue weighted by molar-refractivity contribution is -0.117. The molecule has 2 heterocycles. The second-order valence-electron chi connectivity index (χ2n) is 4.68. The fourth-order valence-electron chi connectivity index (χ4n) is 1.84. The highest BCUT2D eigenvalue weighted by atomic mass is 32.1. The largest absolute Gasteiger partial charge is 0.505 e. The number of hydrogen-bond donors (Lipinski definition) is 2. The highest BCUT2D eigenvalue weighted by Gasteiger charge is 2.15. The standard InChI is InChI=1S/C16H17N3O2S/c1-4-12-6-5-7-17-14(12)15(20)11(3)16(21)18-8-13-19-10(2)9-22-13/h4-7,9,20H,1,8H2,2-3H3,(H,18,21)/b15-11-. The molecule has 0 aliphatic rings. The molecule has 1 amide bonds. The average Bonchev–Trinajstić information content (AvgIpc) is 2.96. The summed E-state index contributed by atoms with van der Waals surface area (Å²) >= 11 is 1.48. The summed E-state index contributed by atoms with van der Waals surface area (Å²) in [5, 5.41) is 15.8. The van der Waals surface area contributed by atoms with Gasteiger partial charge in [-0.05, 0) is 19.9 Å². The molecule has 0 bridgehead atoms. The van der Waals surface area contributed by atoms with Gasteiger partial charge in [-0.1, -0.05) is 18.7 Å². The van der Waals surface area contributed by atoms with Gasteiger partial charge in [0, 0.05) is 22.8 Å². The Labute approximate surface area is 133 Å². The van der Waals surface area contributed by atoms with Gasteiger partial charge in [-0.25, -0.2) is 4.98 Å². The molecule has 114 valence electrons. The van der Waals surface area contributed by atoms with Crippen LogP contribution in [0, 0.1) is 6.92 Å². The Bertz CT molecular complexity index is 734. The van der Waals surface area contributed by atoms with Gasteiger partial charge in [-0.2, -0.15) is 0 Å². The Kier molecular flexibility index (Phi) is 5.06. The quantitative estimate of drug-likeness (QED) is 0.657. The maximum Gasteiger partial charge on any atom is 0.251 e. The number of rotatable bonds is 5. The molecule has 0 atom stereocenters. The van der Waals surface area contributed by atoms with Crippen LogP contribution in [0.4, 0.5) is 0 Å². The summed E-state index contributed by atoms with van der Waals surface area (Å²) in [5.41, 5.74) is 2.14. The van der Waals surface area contributed by atoms with Gasteiger partial charge in [0.1, 0.15) is 16.5 Å². The van der Waals surface area contributed by atoms with Crippen molar-refractivity contribution in [1.29, 1.82) is 0 Å². The molecule has 0 aromatic carbocycles. The van der Waals surface area contributed by atoms with Crippen LogP contribution in [0.5, 0.6) is 0 Å². The summed E-state index contributed by atoms with van der Waals surface area (Å²) in [4.78, 5) is 20.5. The minimum absolute atomic E-state index is 0.150. The highest BCUT2D eigenvalue weighted by Crippen LogP contribution is 2.19. The van der Waals surface area contributed by atoms with Gasteiger partial charge in [0.2, 0.25) is 0 Å². The predicted octanol–water partition coefficient (Wildman–Crippen LogP) is 3.09. The number of aliphatic hydroxyl groups is 1. The first-order chi connectivity index (χ1) is 10.5. The molecule has 0 saturated heterocycles. The number of aryl methyl sites for hydroxylation is 1. The van der Waals surface area contributed by atoms with Crippen LogP contribution in [0.3, 0.4) is 0 Å². The van der Waals surface area contributed by atoms with Crippen LogP contribution in [-0.4, -0.2) is 21.0 Å². The lowest BCUT2D eigenvalue weighted by atomic mass is 10.1. The smallest absolute Gasteiger partial charge is 0.251 e. The van der Waals surface area contributed by atoms with E-state index in [0.29, 0.717) is 17.8 Å². The first kappa shape index (κ1) is 15.9. The van der Waals surface area contributed by atoms with E-state index in [0.717, 1.165) is 10.7 Å². The van der Waals surface area contributed by atoms with E-state index in [4.69, 9.17) is 0 Å². The van der Waals surface area contributed by atoms with E-state index < -0.39 is 0 Å². The predicted molar refractivity (Wildman–Crippen MR) is 88.2 cm³/mol. The molecule has 0 saturated carbocycles. The zero-order chi connectivity index (χ0) is 16.1. The first-order valence-electron chi connectivity index (χ1n) is 6.69. The molecule has 6 heteroatoms. The SMILES string of the molecule is C=Cc1cccnc1/C(O)=C(\C)C(=O)NCc1nc(C)cs1. The van der Waals surface area contributed by atoms with Crippen LogP contribution >= 0.6 is 11.3 Å². The number of thiazole rings is 1. The van der Waals surface area contributed by atoms with Gasteiger partial charge in [-0.15, -0.1) is 11.3 Å². The van der Waals surface area contributed by atoms with Crippen molar-refractivity contribution in [1.82, 2.24) is 15.3 Å². The third-order valence-corrected chi connectivity index (χ3v) is 4.01. The van der Waals surface area contributed by atoms with Crippen molar-refractivity contribution < 1.29 is 9.90 Å². The zero-order valence-electron chi connectivity index (χ0n) is 12.5. The van der Waals surface area contributed by atoms with Crippen molar-refractivity contribution in [3.05, 3.63) is 57.8 Å². The second kappa shape index (κ2) is 7.00. The van der Waals surface area contributed by atoms with Gasteiger partial charge in [0.15, 0.2) is 0 Å². The van der Waals surface area contributed by atoms with Gasteiger partial charge in [-0.3, -0.25) is 9.78 Å². The molecular weight excluding hydrogens is 298 g/mol. The summed E-state index contributed by atoms with van der Waals surface area (Å²) in [7, 11) is 0. The molecule has 2 rings (SSSR count). The molecule has 0 unspecified atom stereocenters. The van der Waals surface area contributed by atoms with Crippen molar-refractivity contribution >= 4 is 29.1 Å². The molecular formula is C16H17N3O2S. The van der Waals surface area contributed by atoms with Crippen molar-refractivity contribution in [3.63, 3.8) is 0 Å². The topological polar surface area (TPSA) is 75.1 Å². The molecule has 2 aromatic rings. The van der Waals surface area contributed by atoms with E-state index in [2.05, 4.69) is 21.9 Å². The molecule has 2 aromatic heterocycles. The van der Waals surface area contributed by atoms with Crippen LogP contribution in [0.2, 0.25) is 0 Å². The minimum atomic E-state index is -0.356. The lowest BCUT2D eigenvalue weighted by Crippen LogP contribution is -2.24. The van der Waals surface area contributed by atoms with Crippen LogP contribution in [0.25, 0.3) is 11.8 Å². The van der Waals surface area contributed by atoms with Crippen molar-refractivity contribution in [2.75, 3.05) is 0 Å². The zero-order valence-corrected chi connectivity index (χ0v) is 13.3. The molecule has 0 spiro atoms. The van der Waals surface area contributed by atoms with Crippen molar-refractivity contribution in [2.45, 2.75) is 20.4 Å². The molecule has 0 fully saturated rings. The average molecular weight is 315 g/mol. The normalized spacial score (nSPS) is 11.7. The van der Waals surface area contributed by atoms with E-state index in [1.807, 2.05) is 12.3 Å².